The summed E-state index contributed by atoms with van der Waals surface area (Å²) in [6.07, 6.45) is 1.96. The molecule has 0 N–H and O–H groups in total. The molecule has 0 bridgehead atoms. The summed E-state index contributed by atoms with van der Waals surface area (Å²) >= 11 is 5.14. The van der Waals surface area contributed by atoms with Crippen LogP contribution >= 0.6 is 27.7 Å². The van der Waals surface area contributed by atoms with E-state index in [1.165, 1.54) is 17.4 Å². The monoisotopic (exact) mass is 437 g/mol. The molecule has 6 heteroatoms. The quantitative estimate of drug-likeness (QED) is 0.559. The Labute approximate surface area is 169 Å². The van der Waals surface area contributed by atoms with Gasteiger partial charge in [0.2, 0.25) is 0 Å². The average molecular weight is 438 g/mol. The second-order valence-corrected chi connectivity index (χ2v) is 8.63. The van der Waals surface area contributed by atoms with Crippen LogP contribution in [0, 0.1) is 0 Å². The fourth-order valence-corrected chi connectivity index (χ4v) is 4.72. The number of benzene rings is 1. The topological polar surface area (TPSA) is 35.9 Å². The molecule has 0 aliphatic carbocycles. The van der Waals surface area contributed by atoms with Crippen LogP contribution in [0.1, 0.15) is 47.1 Å². The highest BCUT2D eigenvalue weighted by Gasteiger charge is 2.35. The van der Waals surface area contributed by atoms with E-state index in [2.05, 4.69) is 57.9 Å². The van der Waals surface area contributed by atoms with E-state index >= 15 is 0 Å². The minimum atomic E-state index is 0.0355. The van der Waals surface area contributed by atoms with Crippen LogP contribution in [-0.2, 0) is 4.79 Å². The first-order valence-corrected chi connectivity index (χ1v) is 10.7. The summed E-state index contributed by atoms with van der Waals surface area (Å²) in [7, 11) is 0. The van der Waals surface area contributed by atoms with E-state index in [0.717, 1.165) is 33.2 Å². The Hall–Kier alpha value is -1.27. The molecule has 0 aromatic heterocycles. The van der Waals surface area contributed by atoms with Gasteiger partial charge in [-0.3, -0.25) is 14.7 Å². The molecule has 0 spiro atoms. The van der Waals surface area contributed by atoms with Gasteiger partial charge >= 0.3 is 0 Å². The maximum Gasteiger partial charge on any atom is 0.266 e. The van der Waals surface area contributed by atoms with E-state index in [0.29, 0.717) is 0 Å². The molecule has 1 heterocycles. The van der Waals surface area contributed by atoms with E-state index in [1.54, 1.807) is 4.90 Å². The van der Waals surface area contributed by atoms with Gasteiger partial charge in [-0.05, 0) is 93.0 Å². The zero-order valence-corrected chi connectivity index (χ0v) is 18.8. The highest BCUT2D eigenvalue weighted by Crippen LogP contribution is 2.35. The zero-order valence-electron chi connectivity index (χ0n) is 16.4. The van der Waals surface area contributed by atoms with E-state index in [9.17, 15) is 4.79 Å². The van der Waals surface area contributed by atoms with Crippen molar-refractivity contribution in [3.05, 3.63) is 33.1 Å². The first kappa shape index (κ1) is 21.0. The number of carbonyl (C=O) groups is 1. The summed E-state index contributed by atoms with van der Waals surface area (Å²) in [5.74, 6) is 0.0355. The highest BCUT2D eigenvalue weighted by atomic mass is 79.9. The zero-order chi connectivity index (χ0) is 19.4. The third-order valence-corrected chi connectivity index (χ3v) is 5.73. The Morgan fingerprint density at radius 3 is 2.38 bits per heavy atom. The van der Waals surface area contributed by atoms with Crippen molar-refractivity contribution in [3.63, 3.8) is 0 Å². The Morgan fingerprint density at radius 2 is 1.88 bits per heavy atom. The number of hydrogen-bond acceptors (Lipinski definition) is 4. The lowest BCUT2D eigenvalue weighted by atomic mass is 10.1. The number of hydrogen-bond donors (Lipinski definition) is 0. The third-order valence-electron chi connectivity index (χ3n) is 4.10. The summed E-state index contributed by atoms with van der Waals surface area (Å²) in [6.45, 7) is 14.3. The minimum Gasteiger partial charge on any atom is -0.371 e. The molecule has 1 fully saturated rings. The van der Waals surface area contributed by atoms with Gasteiger partial charge in [0.1, 0.15) is 0 Å². The van der Waals surface area contributed by atoms with Gasteiger partial charge in [0, 0.05) is 29.6 Å². The van der Waals surface area contributed by atoms with Crippen molar-refractivity contribution in [1.82, 2.24) is 4.90 Å². The summed E-state index contributed by atoms with van der Waals surface area (Å²) in [6, 6.07) is 6.50. The Balaban J connectivity index is 2.35. The SMILES string of the molecule is CCN(CC)c1ccc(/C=C2/SC(=NC(C)C)N(C(C)C)C2=O)cc1Br. The third kappa shape index (κ3) is 4.71. The van der Waals surface area contributed by atoms with E-state index in [-0.39, 0.29) is 18.0 Å². The van der Waals surface area contributed by atoms with Crippen molar-refractivity contribution in [2.24, 2.45) is 4.99 Å². The van der Waals surface area contributed by atoms with Crippen molar-refractivity contribution < 1.29 is 4.79 Å². The van der Waals surface area contributed by atoms with Gasteiger partial charge in [0.05, 0.1) is 10.6 Å². The summed E-state index contributed by atoms with van der Waals surface area (Å²) in [5, 5.41) is 0.796. The first-order chi connectivity index (χ1) is 12.3. The van der Waals surface area contributed by atoms with E-state index in [4.69, 9.17) is 0 Å². The molecule has 142 valence electrons. The lowest BCUT2D eigenvalue weighted by Crippen LogP contribution is -2.35. The number of carbonyl (C=O) groups excluding carboxylic acids is 1. The smallest absolute Gasteiger partial charge is 0.266 e. The van der Waals surface area contributed by atoms with Gasteiger partial charge in [0.15, 0.2) is 5.17 Å². The summed E-state index contributed by atoms with van der Waals surface area (Å²) < 4.78 is 1.04. The van der Waals surface area contributed by atoms with Crippen molar-refractivity contribution in [2.75, 3.05) is 18.0 Å². The van der Waals surface area contributed by atoms with Crippen LogP contribution in [-0.4, -0.2) is 41.1 Å². The molecule has 1 amide bonds. The van der Waals surface area contributed by atoms with Crippen LogP contribution in [0.3, 0.4) is 0 Å². The molecule has 1 aliphatic rings. The van der Waals surface area contributed by atoms with Crippen molar-refractivity contribution in [1.29, 1.82) is 0 Å². The normalized spacial score (nSPS) is 18.0. The fraction of sp³-hybridized carbons (Fsp3) is 0.500. The molecule has 1 aromatic carbocycles. The number of rotatable bonds is 6. The average Bonchev–Trinajstić information content (AvgIpc) is 2.85. The first-order valence-electron chi connectivity index (χ1n) is 9.13. The van der Waals surface area contributed by atoms with Crippen molar-refractivity contribution in [2.45, 2.75) is 53.6 Å². The molecule has 0 saturated carbocycles. The molecule has 1 saturated heterocycles. The lowest BCUT2D eigenvalue weighted by molar-refractivity contribution is -0.123. The molecule has 0 unspecified atom stereocenters. The van der Waals surface area contributed by atoms with Crippen LogP contribution in [0.25, 0.3) is 6.08 Å². The maximum absolute atomic E-state index is 12.8. The van der Waals surface area contributed by atoms with Gasteiger partial charge in [-0.1, -0.05) is 6.07 Å². The van der Waals surface area contributed by atoms with Crippen LogP contribution in [0.4, 0.5) is 5.69 Å². The van der Waals surface area contributed by atoms with Gasteiger partial charge < -0.3 is 4.90 Å². The second kappa shape index (κ2) is 9.09. The number of amidine groups is 1. The van der Waals surface area contributed by atoms with Gasteiger partial charge in [-0.25, -0.2) is 0 Å². The highest BCUT2D eigenvalue weighted by molar-refractivity contribution is 9.10. The predicted molar refractivity (Wildman–Crippen MR) is 118 cm³/mol. The van der Waals surface area contributed by atoms with E-state index in [1.807, 2.05) is 33.8 Å². The predicted octanol–water partition coefficient (Wildman–Crippen LogP) is 5.38. The van der Waals surface area contributed by atoms with Gasteiger partial charge in [-0.2, -0.15) is 0 Å². The molecule has 0 atom stereocenters. The van der Waals surface area contributed by atoms with Crippen LogP contribution in [0.5, 0.6) is 0 Å². The van der Waals surface area contributed by atoms with E-state index < -0.39 is 0 Å². The van der Waals surface area contributed by atoms with Crippen molar-refractivity contribution >= 4 is 50.5 Å². The van der Waals surface area contributed by atoms with Gasteiger partial charge in [0.25, 0.3) is 5.91 Å². The molecular weight excluding hydrogens is 410 g/mol. The molecule has 2 rings (SSSR count). The fourth-order valence-electron chi connectivity index (χ4n) is 2.84. The van der Waals surface area contributed by atoms with Gasteiger partial charge in [-0.15, -0.1) is 0 Å². The Kier molecular flexibility index (Phi) is 7.35. The molecule has 0 radical (unpaired) electrons. The number of amides is 1. The number of aliphatic imine (C=N–C) groups is 1. The lowest BCUT2D eigenvalue weighted by Gasteiger charge is -2.22. The van der Waals surface area contributed by atoms with Crippen LogP contribution < -0.4 is 4.90 Å². The number of halogens is 1. The van der Waals surface area contributed by atoms with Crippen LogP contribution in [0.2, 0.25) is 0 Å². The maximum atomic E-state index is 12.8. The largest absolute Gasteiger partial charge is 0.371 e. The second-order valence-electron chi connectivity index (χ2n) is 6.77. The number of nitrogens with zero attached hydrogens (tertiary/aromatic N) is 3. The summed E-state index contributed by atoms with van der Waals surface area (Å²) in [5.41, 5.74) is 2.19. The van der Waals surface area contributed by atoms with Crippen molar-refractivity contribution in [3.8, 4) is 0 Å². The molecule has 1 aliphatic heterocycles. The molecular formula is C20H28BrN3OS. The Morgan fingerprint density at radius 1 is 1.23 bits per heavy atom. The molecule has 26 heavy (non-hydrogen) atoms. The standard InChI is InChI=1S/C20H28BrN3OS/c1-7-23(8-2)17-10-9-15(11-16(17)21)12-18-19(25)24(14(5)6)20(26-18)22-13(3)4/h9-14H,7-8H2,1-6H3/b18-12+,22-20?. The Bertz CT molecular complexity index is 724. The minimum absolute atomic E-state index is 0.0355. The number of anilines is 1. The number of thioether (sulfide) groups is 1. The van der Waals surface area contributed by atoms with Crippen LogP contribution in [0.15, 0.2) is 32.6 Å². The molecule has 4 nitrogen and oxygen atoms in total. The molecule has 1 aromatic rings. The summed E-state index contributed by atoms with van der Waals surface area (Å²) in [4.78, 5) is 22.3.